The lowest BCUT2D eigenvalue weighted by Gasteiger charge is -2.16. The van der Waals surface area contributed by atoms with Crippen molar-refractivity contribution >= 4 is 44.6 Å². The number of nitrogens with zero attached hydrogens (tertiary/aromatic N) is 4. The summed E-state index contributed by atoms with van der Waals surface area (Å²) in [5, 5.41) is 12.0. The Bertz CT molecular complexity index is 1790. The first-order chi connectivity index (χ1) is 21.5. The van der Waals surface area contributed by atoms with Crippen LogP contribution in [0.4, 0.5) is 11.6 Å². The van der Waals surface area contributed by atoms with Gasteiger partial charge >= 0.3 is 5.97 Å². The van der Waals surface area contributed by atoms with Crippen LogP contribution in [0.3, 0.4) is 0 Å². The van der Waals surface area contributed by atoms with Crippen LogP contribution in [0.15, 0.2) is 83.3 Å². The van der Waals surface area contributed by atoms with Gasteiger partial charge in [0.15, 0.2) is 11.5 Å². The van der Waals surface area contributed by atoms with Crippen LogP contribution in [0, 0.1) is 6.92 Å². The van der Waals surface area contributed by atoms with E-state index in [0.29, 0.717) is 40.9 Å². The molecule has 0 spiro atoms. The van der Waals surface area contributed by atoms with E-state index in [1.165, 1.54) is 12.8 Å². The van der Waals surface area contributed by atoms with Crippen molar-refractivity contribution in [2.24, 2.45) is 0 Å². The summed E-state index contributed by atoms with van der Waals surface area (Å²) in [6.45, 7) is 5.78. The summed E-state index contributed by atoms with van der Waals surface area (Å²) in [6, 6.07) is 24.0. The maximum atomic E-state index is 12.6. The standard InChI is InChI=1S/C34H32BrN5O4/c1-22-18-24(27-21-26(11-12-28(27)35)44-33(41)23-8-4-3-5-9-23)19-29-32(22)37-34(39-38-29)36-25-10-13-30(31(20-25)42-2)43-17-16-40-14-6-7-15-40/h3-5,8-13,18-21H,6-7,14-17H2,1-2H3,(H,36,37,39). The molecule has 0 saturated carbocycles. The number of aromatic nitrogens is 3. The van der Waals surface area contributed by atoms with Crippen LogP contribution in [-0.2, 0) is 0 Å². The lowest BCUT2D eigenvalue weighted by atomic mass is 10.0. The third kappa shape index (κ3) is 6.82. The Balaban J connectivity index is 1.18. The zero-order valence-corrected chi connectivity index (χ0v) is 26.1. The first-order valence-corrected chi connectivity index (χ1v) is 15.3. The highest BCUT2D eigenvalue weighted by atomic mass is 79.9. The quantitative estimate of drug-likeness (QED) is 0.124. The van der Waals surface area contributed by atoms with Gasteiger partial charge in [0.1, 0.15) is 17.9 Å². The summed E-state index contributed by atoms with van der Waals surface area (Å²) in [6.07, 6.45) is 2.52. The topological polar surface area (TPSA) is 98.7 Å². The van der Waals surface area contributed by atoms with Gasteiger partial charge < -0.3 is 19.5 Å². The molecule has 224 valence electrons. The van der Waals surface area contributed by atoms with Crippen molar-refractivity contribution in [3.63, 3.8) is 0 Å². The van der Waals surface area contributed by atoms with Crippen molar-refractivity contribution in [1.29, 1.82) is 0 Å². The molecule has 0 atom stereocenters. The summed E-state index contributed by atoms with van der Waals surface area (Å²) in [4.78, 5) is 19.8. The van der Waals surface area contributed by atoms with E-state index >= 15 is 0 Å². The number of esters is 1. The number of hydrogen-bond donors (Lipinski definition) is 1. The number of halogens is 1. The van der Waals surface area contributed by atoms with E-state index in [9.17, 15) is 4.79 Å². The number of nitrogens with one attached hydrogen (secondary N) is 1. The number of hydrogen-bond acceptors (Lipinski definition) is 9. The smallest absolute Gasteiger partial charge is 0.343 e. The highest BCUT2D eigenvalue weighted by molar-refractivity contribution is 9.10. The molecule has 0 bridgehead atoms. The Kier molecular flexibility index (Phi) is 8.99. The number of methoxy groups -OCH3 is 1. The molecular formula is C34H32BrN5O4. The van der Waals surface area contributed by atoms with Crippen molar-refractivity contribution in [1.82, 2.24) is 20.1 Å². The predicted octanol–water partition coefficient (Wildman–Crippen LogP) is 7.21. The molecule has 1 N–H and O–H groups in total. The van der Waals surface area contributed by atoms with Gasteiger partial charge in [-0.05, 0) is 104 Å². The van der Waals surface area contributed by atoms with E-state index in [2.05, 4.69) is 36.3 Å². The Morgan fingerprint density at radius 3 is 2.57 bits per heavy atom. The molecule has 1 aliphatic heterocycles. The Morgan fingerprint density at radius 2 is 1.77 bits per heavy atom. The van der Waals surface area contributed by atoms with E-state index in [1.54, 1.807) is 37.4 Å². The molecule has 0 amide bonds. The molecule has 0 radical (unpaired) electrons. The number of fused-ring (bicyclic) bond motifs is 1. The van der Waals surface area contributed by atoms with Crippen LogP contribution >= 0.6 is 15.9 Å². The van der Waals surface area contributed by atoms with E-state index in [0.717, 1.165) is 52.0 Å². The minimum Gasteiger partial charge on any atom is -0.493 e. The maximum absolute atomic E-state index is 12.6. The minimum absolute atomic E-state index is 0.370. The van der Waals surface area contributed by atoms with Crippen molar-refractivity contribution in [2.75, 3.05) is 38.7 Å². The zero-order chi connectivity index (χ0) is 30.5. The van der Waals surface area contributed by atoms with Gasteiger partial charge in [-0.3, -0.25) is 4.90 Å². The summed E-state index contributed by atoms with van der Waals surface area (Å²) in [5.74, 6) is 1.73. The van der Waals surface area contributed by atoms with Crippen molar-refractivity contribution in [2.45, 2.75) is 19.8 Å². The number of aryl methyl sites for hydroxylation is 1. The summed E-state index contributed by atoms with van der Waals surface area (Å²) in [5.41, 5.74) is 5.28. The SMILES string of the molecule is COc1cc(Nc2nnc3cc(-c4cc(OC(=O)c5ccccc5)ccc4Br)cc(C)c3n2)ccc1OCCN1CCCC1. The highest BCUT2D eigenvalue weighted by Crippen LogP contribution is 2.35. The second-order valence-electron chi connectivity index (χ2n) is 10.6. The van der Waals surface area contributed by atoms with Gasteiger partial charge in [-0.1, -0.05) is 34.1 Å². The lowest BCUT2D eigenvalue weighted by molar-refractivity contribution is 0.0735. The van der Waals surface area contributed by atoms with E-state index in [4.69, 9.17) is 19.2 Å². The number of benzene rings is 4. The molecule has 5 aromatic rings. The number of carbonyl (C=O) groups excluding carboxylic acids is 1. The molecule has 6 rings (SSSR count). The van der Waals surface area contributed by atoms with Gasteiger partial charge in [-0.25, -0.2) is 9.78 Å². The summed E-state index contributed by atoms with van der Waals surface area (Å²) < 4.78 is 18.1. The van der Waals surface area contributed by atoms with E-state index in [-0.39, 0.29) is 0 Å². The third-order valence-corrected chi connectivity index (χ3v) is 8.19. The van der Waals surface area contributed by atoms with Crippen LogP contribution < -0.4 is 19.5 Å². The van der Waals surface area contributed by atoms with Gasteiger partial charge in [-0.2, -0.15) is 0 Å². The molecular weight excluding hydrogens is 622 g/mol. The fourth-order valence-electron chi connectivity index (χ4n) is 5.23. The van der Waals surface area contributed by atoms with Crippen LogP contribution in [-0.4, -0.2) is 59.4 Å². The minimum atomic E-state index is -0.416. The summed E-state index contributed by atoms with van der Waals surface area (Å²) in [7, 11) is 1.63. The number of ether oxygens (including phenoxy) is 3. The van der Waals surface area contributed by atoms with Gasteiger partial charge in [0.2, 0.25) is 5.95 Å². The lowest BCUT2D eigenvalue weighted by Crippen LogP contribution is -2.25. The maximum Gasteiger partial charge on any atom is 0.343 e. The van der Waals surface area contributed by atoms with Crippen LogP contribution in [0.5, 0.6) is 17.2 Å². The molecule has 2 heterocycles. The average Bonchev–Trinajstić information content (AvgIpc) is 3.57. The number of carbonyl (C=O) groups is 1. The largest absolute Gasteiger partial charge is 0.493 e. The molecule has 4 aromatic carbocycles. The Labute approximate surface area is 264 Å². The molecule has 0 aliphatic carbocycles. The molecule has 44 heavy (non-hydrogen) atoms. The second-order valence-corrected chi connectivity index (χ2v) is 11.4. The first-order valence-electron chi connectivity index (χ1n) is 14.5. The monoisotopic (exact) mass is 653 g/mol. The van der Waals surface area contributed by atoms with Crippen LogP contribution in [0.2, 0.25) is 0 Å². The molecule has 1 aliphatic rings. The Morgan fingerprint density at radius 1 is 0.955 bits per heavy atom. The molecule has 1 saturated heterocycles. The van der Waals surface area contributed by atoms with Crippen LogP contribution in [0.1, 0.15) is 28.8 Å². The number of likely N-dealkylation sites (tertiary alicyclic amines) is 1. The zero-order valence-electron chi connectivity index (χ0n) is 24.5. The Hall–Kier alpha value is -4.54. The van der Waals surface area contributed by atoms with E-state index < -0.39 is 5.97 Å². The third-order valence-electron chi connectivity index (χ3n) is 7.50. The molecule has 10 heteroatoms. The van der Waals surface area contributed by atoms with Gasteiger partial charge in [-0.15, -0.1) is 10.2 Å². The normalized spacial score (nSPS) is 13.2. The molecule has 0 unspecified atom stereocenters. The van der Waals surface area contributed by atoms with Gasteiger partial charge in [0.25, 0.3) is 0 Å². The predicted molar refractivity (Wildman–Crippen MR) is 174 cm³/mol. The van der Waals surface area contributed by atoms with E-state index in [1.807, 2.05) is 55.5 Å². The van der Waals surface area contributed by atoms with Crippen molar-refractivity contribution in [3.05, 3.63) is 94.5 Å². The second kappa shape index (κ2) is 13.4. The van der Waals surface area contributed by atoms with Crippen molar-refractivity contribution < 1.29 is 19.0 Å². The van der Waals surface area contributed by atoms with Gasteiger partial charge in [0.05, 0.1) is 18.2 Å². The number of rotatable bonds is 10. The average molecular weight is 655 g/mol. The molecule has 1 aromatic heterocycles. The number of anilines is 2. The van der Waals surface area contributed by atoms with Gasteiger partial charge in [0, 0.05) is 22.8 Å². The summed E-state index contributed by atoms with van der Waals surface area (Å²) >= 11 is 3.64. The highest BCUT2D eigenvalue weighted by Gasteiger charge is 2.15. The fourth-order valence-corrected chi connectivity index (χ4v) is 5.71. The molecule has 9 nitrogen and oxygen atoms in total. The molecule has 1 fully saturated rings. The van der Waals surface area contributed by atoms with Crippen LogP contribution in [0.25, 0.3) is 22.2 Å². The fraction of sp³-hybridized carbons (Fsp3) is 0.235. The first kappa shape index (κ1) is 29.5. The van der Waals surface area contributed by atoms with Crippen molar-refractivity contribution in [3.8, 4) is 28.4 Å².